The quantitative estimate of drug-likeness (QED) is 0.193. The molecule has 3 heterocycles. The molecule has 5 fully saturated rings. The van der Waals surface area contributed by atoms with Gasteiger partial charge >= 0.3 is 0 Å². The molecule has 6 bridgehead atoms. The van der Waals surface area contributed by atoms with Gasteiger partial charge in [-0.1, -0.05) is 39.7 Å². The van der Waals surface area contributed by atoms with Gasteiger partial charge in [-0.05, 0) is 51.0 Å². The molecule has 240 valence electrons. The Morgan fingerprint density at radius 2 is 1.93 bits per heavy atom. The fraction of sp³-hybridized carbons (Fsp3) is 0.800. The summed E-state index contributed by atoms with van der Waals surface area (Å²) in [4.78, 5) is 28.8. The smallest absolute Gasteiger partial charge is 0.187 e. The Morgan fingerprint density at radius 3 is 2.72 bits per heavy atom. The van der Waals surface area contributed by atoms with Gasteiger partial charge in [0.25, 0.3) is 0 Å². The van der Waals surface area contributed by atoms with Crippen molar-refractivity contribution >= 4 is 33.2 Å². The number of ketones is 2. The second-order valence-corrected chi connectivity index (χ2v) is 15.8. The van der Waals surface area contributed by atoms with Crippen molar-refractivity contribution < 1.29 is 49.9 Å². The Bertz CT molecular complexity index is 1150. The number of carbonyl (C=O) groups is 2. The highest BCUT2D eigenvalue weighted by atomic mass is 33.1. The van der Waals surface area contributed by atoms with Crippen LogP contribution in [0, 0.1) is 29.1 Å². The minimum atomic E-state index is -2.00. The van der Waals surface area contributed by atoms with E-state index in [0.29, 0.717) is 31.6 Å². The summed E-state index contributed by atoms with van der Waals surface area (Å²) in [6, 6.07) is 0. The van der Waals surface area contributed by atoms with Crippen LogP contribution in [-0.2, 0) is 19.1 Å². The second kappa shape index (κ2) is 12.7. The fourth-order valence-electron chi connectivity index (χ4n) is 8.36. The van der Waals surface area contributed by atoms with Crippen molar-refractivity contribution in [2.75, 3.05) is 24.8 Å². The van der Waals surface area contributed by atoms with Gasteiger partial charge in [-0.2, -0.15) is 0 Å². The molecule has 0 aromatic rings. The zero-order valence-electron chi connectivity index (χ0n) is 24.5. The molecule has 11 nitrogen and oxygen atoms in total. The van der Waals surface area contributed by atoms with Crippen molar-refractivity contribution in [1.29, 1.82) is 0 Å². The van der Waals surface area contributed by atoms with Crippen LogP contribution in [0.15, 0.2) is 23.5 Å². The third-order valence-electron chi connectivity index (χ3n) is 10.8. The fourth-order valence-corrected chi connectivity index (χ4v) is 10.7. The topological polar surface area (TPSA) is 182 Å². The van der Waals surface area contributed by atoms with Crippen LogP contribution in [0.5, 0.6) is 0 Å². The SMILES string of the molecule is CC1=C[C@H]2C(=O)C3CCCC4O[C@@H]5O[C@H](CO)[C@@H](O)[C@](O)(CCC6CC[NH2+]C(C6)NCSSC[C@@]2(C(=O)C43)C(O)=C1)[C@H]5O. The number of allylic oxidation sites excluding steroid dienone is 4. The van der Waals surface area contributed by atoms with E-state index in [-0.39, 0.29) is 41.6 Å². The Balaban J connectivity index is 1.37. The van der Waals surface area contributed by atoms with Crippen molar-refractivity contribution in [1.82, 2.24) is 5.32 Å². The third kappa shape index (κ3) is 5.55. The molecule has 0 aromatic carbocycles. The predicted octanol–water partition coefficient (Wildman–Crippen LogP) is 0.136. The molecule has 3 saturated heterocycles. The van der Waals surface area contributed by atoms with E-state index in [1.54, 1.807) is 16.9 Å². The summed E-state index contributed by atoms with van der Waals surface area (Å²) in [6.45, 7) is 2.11. The molecule has 6 aliphatic rings. The Hall–Kier alpha value is -1.00. The molecule has 8 N–H and O–H groups in total. The second-order valence-electron chi connectivity index (χ2n) is 13.3. The van der Waals surface area contributed by atoms with Crippen molar-refractivity contribution in [3.63, 3.8) is 0 Å². The molecule has 13 heteroatoms. The zero-order valence-corrected chi connectivity index (χ0v) is 26.1. The van der Waals surface area contributed by atoms with Crippen LogP contribution in [-0.4, -0.2) is 104 Å². The van der Waals surface area contributed by atoms with Crippen LogP contribution < -0.4 is 10.6 Å². The first-order valence-corrected chi connectivity index (χ1v) is 18.1. The summed E-state index contributed by atoms with van der Waals surface area (Å²) in [5.74, 6) is -1.64. The van der Waals surface area contributed by atoms with Crippen molar-refractivity contribution in [3.05, 3.63) is 23.5 Å². The Kier molecular flexibility index (Phi) is 9.41. The summed E-state index contributed by atoms with van der Waals surface area (Å²) in [5.41, 5.74) is -2.69. The largest absolute Gasteiger partial charge is 0.511 e. The van der Waals surface area contributed by atoms with E-state index < -0.39 is 66.1 Å². The van der Waals surface area contributed by atoms with E-state index in [9.17, 15) is 35.1 Å². The standard InChI is InChI=1S/C30H44N2O9S2/c1-15-9-18-24(35)17-3-2-4-19-23(17)26(37)29(18,21(34)10-15)13-42-43-14-32-22-11-16(6-8-31-22)5-7-30(39)25(36)20(12-33)41-28(40-19)27(30)38/h9-10,16-20,22-23,25,27-28,31-34,36,38-39H,2-8,11-14H2,1H3/p+1/t16?,17?,18-,19?,20+,22?,23?,25+,27-,28+,29-,30+/m0/s1. The minimum Gasteiger partial charge on any atom is -0.511 e. The molecule has 5 unspecified atom stereocenters. The van der Waals surface area contributed by atoms with E-state index in [4.69, 9.17) is 9.47 Å². The van der Waals surface area contributed by atoms with Crippen LogP contribution in [0.25, 0.3) is 0 Å². The number of nitrogens with one attached hydrogen (secondary N) is 1. The van der Waals surface area contributed by atoms with Gasteiger partial charge < -0.3 is 40.3 Å². The van der Waals surface area contributed by atoms with E-state index in [1.165, 1.54) is 10.8 Å². The van der Waals surface area contributed by atoms with Gasteiger partial charge in [0.1, 0.15) is 47.0 Å². The average molecular weight is 642 g/mol. The number of ether oxygens (including phenoxy) is 2. The van der Waals surface area contributed by atoms with Gasteiger partial charge in [-0.3, -0.25) is 14.9 Å². The van der Waals surface area contributed by atoms with Crippen molar-refractivity contribution in [3.8, 4) is 0 Å². The predicted molar refractivity (Wildman–Crippen MR) is 159 cm³/mol. The normalized spacial score (nSPS) is 47.8. The highest BCUT2D eigenvalue weighted by Gasteiger charge is 2.64. The maximum atomic E-state index is 14.6. The van der Waals surface area contributed by atoms with E-state index in [0.717, 1.165) is 25.0 Å². The summed E-state index contributed by atoms with van der Waals surface area (Å²) < 4.78 is 12.2. The number of hydrogen-bond acceptors (Lipinski definition) is 12. The lowest BCUT2D eigenvalue weighted by Gasteiger charge is -2.53. The van der Waals surface area contributed by atoms with Gasteiger partial charge in [0, 0.05) is 18.1 Å². The summed E-state index contributed by atoms with van der Waals surface area (Å²) in [5, 5.41) is 61.5. The van der Waals surface area contributed by atoms with Gasteiger partial charge in [0.2, 0.25) is 0 Å². The van der Waals surface area contributed by atoms with Gasteiger partial charge in [0.15, 0.2) is 12.1 Å². The number of aliphatic hydroxyl groups is 5. The molecule has 12 atom stereocenters. The molecule has 0 radical (unpaired) electrons. The average Bonchev–Trinajstić information content (AvgIpc) is 2.99. The number of aliphatic hydroxyl groups excluding tert-OH is 4. The number of hydrogen-bond donors (Lipinski definition) is 7. The highest BCUT2D eigenvalue weighted by molar-refractivity contribution is 8.76. The molecule has 43 heavy (non-hydrogen) atoms. The molecule has 6 rings (SSSR count). The summed E-state index contributed by atoms with van der Waals surface area (Å²) in [7, 11) is 3.03. The van der Waals surface area contributed by atoms with Gasteiger partial charge in [-0.25, -0.2) is 0 Å². The number of Topliss-reactive ketones (excluding diaryl/α,β-unsaturated/α-hetero) is 2. The van der Waals surface area contributed by atoms with Crippen LogP contribution >= 0.6 is 21.6 Å². The number of nitrogens with two attached hydrogens (primary N) is 1. The number of fused-ring (bicyclic) bond motifs is 4. The number of rotatable bonds is 1. The molecule has 3 aliphatic heterocycles. The maximum Gasteiger partial charge on any atom is 0.187 e. The van der Waals surface area contributed by atoms with Crippen LogP contribution in [0.4, 0.5) is 0 Å². The highest BCUT2D eigenvalue weighted by Crippen LogP contribution is 2.55. The first-order chi connectivity index (χ1) is 20.6. The summed E-state index contributed by atoms with van der Waals surface area (Å²) in [6.07, 6.45) is 0.860. The lowest BCUT2D eigenvalue weighted by atomic mass is 9.53. The summed E-state index contributed by atoms with van der Waals surface area (Å²) >= 11 is 0. The Morgan fingerprint density at radius 1 is 1.12 bits per heavy atom. The van der Waals surface area contributed by atoms with Crippen molar-refractivity contribution in [2.45, 2.75) is 94.3 Å². The number of piperidine rings is 1. The molecule has 3 aliphatic carbocycles. The van der Waals surface area contributed by atoms with Crippen LogP contribution in [0.3, 0.4) is 0 Å². The maximum absolute atomic E-state index is 14.6. The monoisotopic (exact) mass is 641 g/mol. The van der Waals surface area contributed by atoms with Crippen LogP contribution in [0.2, 0.25) is 0 Å². The lowest BCUT2D eigenvalue weighted by molar-refractivity contribution is -0.704. The van der Waals surface area contributed by atoms with Gasteiger partial charge in [-0.15, -0.1) is 0 Å². The minimum absolute atomic E-state index is 0.0837. The van der Waals surface area contributed by atoms with Gasteiger partial charge in [0.05, 0.1) is 37.0 Å². The van der Waals surface area contributed by atoms with Crippen LogP contribution in [0.1, 0.15) is 51.9 Å². The number of carbonyl (C=O) groups excluding carboxylic acids is 2. The Labute approximate surface area is 259 Å². The molecule has 2 saturated carbocycles. The first-order valence-electron chi connectivity index (χ1n) is 15.6. The van der Waals surface area contributed by atoms with E-state index in [2.05, 4.69) is 10.6 Å². The molecular formula is C30H45N2O9S2+. The number of quaternary nitrogens is 1. The molecule has 0 amide bonds. The molecule has 1 spiro atoms. The first kappa shape index (κ1) is 32.0. The molecular weight excluding hydrogens is 596 g/mol. The van der Waals surface area contributed by atoms with Crippen molar-refractivity contribution in [2.24, 2.45) is 29.1 Å². The third-order valence-corrected chi connectivity index (χ3v) is 13.0. The lowest BCUT2D eigenvalue weighted by Crippen LogP contribution is -2.95. The van der Waals surface area contributed by atoms with E-state index in [1.807, 2.05) is 13.0 Å². The molecule has 0 aromatic heterocycles. The zero-order chi connectivity index (χ0) is 30.5. The van der Waals surface area contributed by atoms with E-state index >= 15 is 0 Å².